The van der Waals surface area contributed by atoms with Gasteiger partial charge >= 0.3 is 0 Å². The van der Waals surface area contributed by atoms with Crippen molar-refractivity contribution in [1.29, 1.82) is 0 Å². The summed E-state index contributed by atoms with van der Waals surface area (Å²) in [6.07, 6.45) is 2.81. The fraction of sp³-hybridized carbons (Fsp3) is 0.917. The third-order valence-corrected chi connectivity index (χ3v) is 2.51. The van der Waals surface area contributed by atoms with Crippen LogP contribution in [0, 0.1) is 0 Å². The summed E-state index contributed by atoms with van der Waals surface area (Å²) in [6, 6.07) is 0. The molecule has 0 aromatic carbocycles. The van der Waals surface area contributed by atoms with Gasteiger partial charge in [0.25, 0.3) is 0 Å². The van der Waals surface area contributed by atoms with E-state index in [4.69, 9.17) is 0 Å². The average Bonchev–Trinajstić information content (AvgIpc) is 2.23. The number of nitrogens with zero attached hydrogens (tertiary/aromatic N) is 2. The standard InChI is InChI=1S/C12H27N3O/c1-5-12(16)13-8-6-10-15(4)11-7-9-14(2)3/h5-11H2,1-4H3,(H,13,16). The number of hydrogen-bond acceptors (Lipinski definition) is 3. The Morgan fingerprint density at radius 3 is 2.25 bits per heavy atom. The summed E-state index contributed by atoms with van der Waals surface area (Å²) in [5.41, 5.74) is 0. The molecule has 0 aliphatic heterocycles. The van der Waals surface area contributed by atoms with Crippen LogP contribution >= 0.6 is 0 Å². The van der Waals surface area contributed by atoms with Crippen LogP contribution in [0.15, 0.2) is 0 Å². The van der Waals surface area contributed by atoms with E-state index in [1.165, 1.54) is 6.42 Å². The highest BCUT2D eigenvalue weighted by Gasteiger charge is 2.00. The normalized spacial score (nSPS) is 11.1. The van der Waals surface area contributed by atoms with Crippen molar-refractivity contribution in [3.8, 4) is 0 Å². The number of amides is 1. The summed E-state index contributed by atoms with van der Waals surface area (Å²) in [7, 11) is 6.33. The SMILES string of the molecule is CCC(=O)NCCCN(C)CCCN(C)C. The van der Waals surface area contributed by atoms with Crippen molar-refractivity contribution in [3.05, 3.63) is 0 Å². The lowest BCUT2D eigenvalue weighted by Gasteiger charge is -2.18. The Balaban J connectivity index is 3.30. The highest BCUT2D eigenvalue weighted by molar-refractivity contribution is 5.75. The van der Waals surface area contributed by atoms with Crippen LogP contribution in [0.2, 0.25) is 0 Å². The molecule has 0 bridgehead atoms. The molecule has 0 fully saturated rings. The van der Waals surface area contributed by atoms with Crippen molar-refractivity contribution < 1.29 is 4.79 Å². The first-order chi connectivity index (χ1) is 7.56. The first kappa shape index (κ1) is 15.4. The van der Waals surface area contributed by atoms with Crippen molar-refractivity contribution >= 4 is 5.91 Å². The molecule has 4 nitrogen and oxygen atoms in total. The average molecular weight is 229 g/mol. The van der Waals surface area contributed by atoms with Crippen molar-refractivity contribution in [3.63, 3.8) is 0 Å². The minimum absolute atomic E-state index is 0.148. The molecule has 0 heterocycles. The molecule has 0 aliphatic rings. The molecule has 0 spiro atoms. The van der Waals surface area contributed by atoms with Gasteiger partial charge in [0.2, 0.25) is 5.91 Å². The Hall–Kier alpha value is -0.610. The third kappa shape index (κ3) is 9.93. The van der Waals surface area contributed by atoms with E-state index in [2.05, 4.69) is 36.3 Å². The smallest absolute Gasteiger partial charge is 0.219 e. The summed E-state index contributed by atoms with van der Waals surface area (Å²) in [6.45, 7) is 5.99. The lowest BCUT2D eigenvalue weighted by molar-refractivity contribution is -0.120. The lowest BCUT2D eigenvalue weighted by Crippen LogP contribution is -2.29. The van der Waals surface area contributed by atoms with E-state index < -0.39 is 0 Å². The van der Waals surface area contributed by atoms with Crippen LogP contribution in [0.3, 0.4) is 0 Å². The molecule has 16 heavy (non-hydrogen) atoms. The van der Waals surface area contributed by atoms with E-state index in [1.807, 2.05) is 6.92 Å². The van der Waals surface area contributed by atoms with Gasteiger partial charge in [-0.05, 0) is 53.6 Å². The fourth-order valence-corrected chi connectivity index (χ4v) is 1.47. The quantitative estimate of drug-likeness (QED) is 0.594. The van der Waals surface area contributed by atoms with Gasteiger partial charge in [0.05, 0.1) is 0 Å². The van der Waals surface area contributed by atoms with Gasteiger partial charge < -0.3 is 15.1 Å². The molecule has 0 radical (unpaired) electrons. The number of carbonyl (C=O) groups is 1. The monoisotopic (exact) mass is 229 g/mol. The van der Waals surface area contributed by atoms with E-state index in [0.717, 1.165) is 32.6 Å². The highest BCUT2D eigenvalue weighted by atomic mass is 16.1. The lowest BCUT2D eigenvalue weighted by atomic mass is 10.3. The van der Waals surface area contributed by atoms with Gasteiger partial charge in [0.15, 0.2) is 0 Å². The zero-order valence-corrected chi connectivity index (χ0v) is 11.3. The molecule has 0 rings (SSSR count). The maximum atomic E-state index is 11.0. The van der Waals surface area contributed by atoms with Crippen LogP contribution in [0.1, 0.15) is 26.2 Å². The van der Waals surface area contributed by atoms with Gasteiger partial charge in [0, 0.05) is 13.0 Å². The van der Waals surface area contributed by atoms with Crippen molar-refractivity contribution in [1.82, 2.24) is 15.1 Å². The van der Waals surface area contributed by atoms with Crippen LogP contribution in [0.25, 0.3) is 0 Å². The molecule has 0 aromatic rings. The summed E-state index contributed by atoms with van der Waals surface area (Å²) in [5, 5.41) is 2.89. The van der Waals surface area contributed by atoms with E-state index in [1.54, 1.807) is 0 Å². The summed E-state index contributed by atoms with van der Waals surface area (Å²) >= 11 is 0. The predicted molar refractivity (Wildman–Crippen MR) is 68.6 cm³/mol. The second-order valence-corrected chi connectivity index (χ2v) is 4.52. The molecule has 0 atom stereocenters. The van der Waals surface area contributed by atoms with Crippen LogP contribution in [-0.4, -0.2) is 63.0 Å². The number of nitrogens with one attached hydrogen (secondary N) is 1. The Kier molecular flexibility index (Phi) is 9.24. The molecule has 1 amide bonds. The third-order valence-electron chi connectivity index (χ3n) is 2.51. The van der Waals surface area contributed by atoms with Gasteiger partial charge in [-0.15, -0.1) is 0 Å². The maximum absolute atomic E-state index is 11.0. The molecular formula is C12H27N3O. The molecule has 4 heteroatoms. The van der Waals surface area contributed by atoms with Gasteiger partial charge in [-0.3, -0.25) is 4.79 Å². The van der Waals surface area contributed by atoms with Crippen molar-refractivity contribution in [2.75, 3.05) is 47.3 Å². The van der Waals surface area contributed by atoms with Gasteiger partial charge in [-0.2, -0.15) is 0 Å². The molecule has 0 saturated heterocycles. The van der Waals surface area contributed by atoms with E-state index in [9.17, 15) is 4.79 Å². The first-order valence-electron chi connectivity index (χ1n) is 6.16. The molecule has 0 aliphatic carbocycles. The van der Waals surface area contributed by atoms with Crippen LogP contribution in [0.5, 0.6) is 0 Å². The minimum atomic E-state index is 0.148. The zero-order chi connectivity index (χ0) is 12.4. The molecule has 0 aromatic heterocycles. The summed E-state index contributed by atoms with van der Waals surface area (Å²) in [5.74, 6) is 0.148. The Morgan fingerprint density at radius 2 is 1.69 bits per heavy atom. The number of rotatable bonds is 9. The van der Waals surface area contributed by atoms with E-state index in [-0.39, 0.29) is 5.91 Å². The molecule has 0 unspecified atom stereocenters. The van der Waals surface area contributed by atoms with E-state index in [0.29, 0.717) is 6.42 Å². The Morgan fingerprint density at radius 1 is 1.06 bits per heavy atom. The molecule has 96 valence electrons. The van der Waals surface area contributed by atoms with E-state index >= 15 is 0 Å². The largest absolute Gasteiger partial charge is 0.356 e. The van der Waals surface area contributed by atoms with Crippen LogP contribution in [-0.2, 0) is 4.79 Å². The zero-order valence-electron chi connectivity index (χ0n) is 11.3. The Bertz CT molecular complexity index is 183. The first-order valence-corrected chi connectivity index (χ1v) is 6.16. The topological polar surface area (TPSA) is 35.6 Å². The second-order valence-electron chi connectivity index (χ2n) is 4.52. The van der Waals surface area contributed by atoms with Gasteiger partial charge in [0.1, 0.15) is 0 Å². The van der Waals surface area contributed by atoms with Crippen molar-refractivity contribution in [2.45, 2.75) is 26.2 Å². The molecule has 1 N–H and O–H groups in total. The van der Waals surface area contributed by atoms with Crippen LogP contribution in [0.4, 0.5) is 0 Å². The predicted octanol–water partition coefficient (Wildman–Crippen LogP) is 0.786. The highest BCUT2D eigenvalue weighted by Crippen LogP contribution is 1.91. The van der Waals surface area contributed by atoms with Crippen molar-refractivity contribution in [2.24, 2.45) is 0 Å². The van der Waals surface area contributed by atoms with Gasteiger partial charge in [-0.25, -0.2) is 0 Å². The number of carbonyl (C=O) groups excluding carboxylic acids is 1. The minimum Gasteiger partial charge on any atom is -0.356 e. The van der Waals surface area contributed by atoms with Crippen LogP contribution < -0.4 is 5.32 Å². The molecular weight excluding hydrogens is 202 g/mol. The maximum Gasteiger partial charge on any atom is 0.219 e. The summed E-state index contributed by atoms with van der Waals surface area (Å²) in [4.78, 5) is 15.5. The van der Waals surface area contributed by atoms with Gasteiger partial charge in [-0.1, -0.05) is 6.92 Å². The fourth-order valence-electron chi connectivity index (χ4n) is 1.47. The Labute approximate surface area is 100.0 Å². The molecule has 0 saturated carbocycles. The number of hydrogen-bond donors (Lipinski definition) is 1. The summed E-state index contributed by atoms with van der Waals surface area (Å²) < 4.78 is 0. The second kappa shape index (κ2) is 9.60.